The first-order valence-electron chi connectivity index (χ1n) is 3.25. The van der Waals surface area contributed by atoms with Crippen LogP contribution in [0.2, 0.25) is 0 Å². The van der Waals surface area contributed by atoms with E-state index in [9.17, 15) is 0 Å². The molecule has 0 atom stereocenters. The van der Waals surface area contributed by atoms with Crippen LogP contribution in [-0.2, 0) is 7.05 Å². The number of H-pyrrole nitrogens is 1. The third kappa shape index (κ3) is 1.000. The van der Waals surface area contributed by atoms with Gasteiger partial charge >= 0.3 is 5.95 Å². The van der Waals surface area contributed by atoms with Crippen LogP contribution >= 0.6 is 0 Å². The summed E-state index contributed by atoms with van der Waals surface area (Å²) in [5, 5.41) is 6.50. The molecule has 5 heteroatoms. The molecule has 0 aliphatic rings. The maximum Gasteiger partial charge on any atom is 0.321 e. The molecule has 0 aromatic carbocycles. The Morgan fingerprint density at radius 3 is 3.09 bits per heavy atom. The summed E-state index contributed by atoms with van der Waals surface area (Å²) >= 11 is 0. The minimum absolute atomic E-state index is 0.727. The van der Waals surface area contributed by atoms with E-state index in [1.54, 1.807) is 0 Å². The van der Waals surface area contributed by atoms with Gasteiger partial charge in [0.25, 0.3) is 6.33 Å². The second-order valence-electron chi connectivity index (χ2n) is 2.30. The lowest BCUT2D eigenvalue weighted by molar-refractivity contribution is -0.670. The zero-order valence-corrected chi connectivity index (χ0v) is 6.10. The van der Waals surface area contributed by atoms with Gasteiger partial charge in [-0.15, -0.1) is 0 Å². The SMILES string of the molecule is C[n+]1ccn(-c2ncn[nH]2)c1. The van der Waals surface area contributed by atoms with Crippen LogP contribution in [0.1, 0.15) is 0 Å². The van der Waals surface area contributed by atoms with Crippen LogP contribution in [0, 0.1) is 0 Å². The van der Waals surface area contributed by atoms with E-state index in [1.165, 1.54) is 6.33 Å². The first kappa shape index (κ1) is 6.09. The Morgan fingerprint density at radius 2 is 2.55 bits per heavy atom. The van der Waals surface area contributed by atoms with Crippen LogP contribution in [0.15, 0.2) is 25.0 Å². The lowest BCUT2D eigenvalue weighted by Gasteiger charge is -1.82. The Labute approximate surface area is 63.3 Å². The molecule has 1 N–H and O–H groups in total. The third-order valence-corrected chi connectivity index (χ3v) is 1.42. The molecule has 0 unspecified atom stereocenters. The summed E-state index contributed by atoms with van der Waals surface area (Å²) in [6.45, 7) is 0. The molecule has 0 spiro atoms. The predicted octanol–water partition coefficient (Wildman–Crippen LogP) is -0.580. The Kier molecular flexibility index (Phi) is 1.21. The topological polar surface area (TPSA) is 50.4 Å². The summed E-state index contributed by atoms with van der Waals surface area (Å²) in [7, 11) is 1.95. The van der Waals surface area contributed by atoms with Gasteiger partial charge in [0, 0.05) is 0 Å². The fourth-order valence-electron chi connectivity index (χ4n) is 0.899. The monoisotopic (exact) mass is 150 g/mol. The van der Waals surface area contributed by atoms with Gasteiger partial charge in [-0.25, -0.2) is 9.67 Å². The highest BCUT2D eigenvalue weighted by Crippen LogP contribution is 1.93. The van der Waals surface area contributed by atoms with Crippen LogP contribution < -0.4 is 4.57 Å². The normalized spacial score (nSPS) is 10.3. The highest BCUT2D eigenvalue weighted by molar-refractivity contribution is 5.04. The number of hydrogen-bond acceptors (Lipinski definition) is 2. The standard InChI is InChI=1S/C6H8N5/c1-10-2-3-11(5-10)6-7-4-8-9-6/h2-5H,1H3,(H,7,8,9)/q+1. The highest BCUT2D eigenvalue weighted by Gasteiger charge is 2.04. The van der Waals surface area contributed by atoms with Crippen molar-refractivity contribution in [3.8, 4) is 5.95 Å². The average Bonchev–Trinajstić information content (AvgIpc) is 2.55. The molecule has 0 amide bonds. The van der Waals surface area contributed by atoms with Gasteiger partial charge < -0.3 is 0 Å². The molecule has 2 aromatic heterocycles. The maximum absolute atomic E-state index is 3.98. The highest BCUT2D eigenvalue weighted by atomic mass is 15.3. The second kappa shape index (κ2) is 2.19. The fraction of sp³-hybridized carbons (Fsp3) is 0.167. The van der Waals surface area contributed by atoms with E-state index in [0.29, 0.717) is 0 Å². The van der Waals surface area contributed by atoms with E-state index in [2.05, 4.69) is 15.2 Å². The first-order valence-corrected chi connectivity index (χ1v) is 3.25. The van der Waals surface area contributed by atoms with Crippen molar-refractivity contribution in [3.05, 3.63) is 25.0 Å². The summed E-state index contributed by atoms with van der Waals surface area (Å²) in [6, 6.07) is 0. The van der Waals surface area contributed by atoms with Crippen LogP contribution in [0.25, 0.3) is 5.95 Å². The van der Waals surface area contributed by atoms with Crippen LogP contribution in [0.3, 0.4) is 0 Å². The number of rotatable bonds is 1. The first-order chi connectivity index (χ1) is 5.36. The van der Waals surface area contributed by atoms with Gasteiger partial charge in [-0.1, -0.05) is 0 Å². The van der Waals surface area contributed by atoms with E-state index in [1.807, 2.05) is 34.9 Å². The molecular weight excluding hydrogens is 142 g/mol. The summed E-state index contributed by atoms with van der Waals surface area (Å²) < 4.78 is 3.79. The molecule has 0 radical (unpaired) electrons. The summed E-state index contributed by atoms with van der Waals surface area (Å²) in [4.78, 5) is 3.98. The second-order valence-corrected chi connectivity index (χ2v) is 2.30. The van der Waals surface area contributed by atoms with E-state index in [-0.39, 0.29) is 0 Å². The summed E-state index contributed by atoms with van der Waals surface area (Å²) in [5.41, 5.74) is 0. The van der Waals surface area contributed by atoms with Gasteiger partial charge in [0.05, 0.1) is 7.05 Å². The van der Waals surface area contributed by atoms with E-state index in [4.69, 9.17) is 0 Å². The van der Waals surface area contributed by atoms with Gasteiger partial charge in [0.15, 0.2) is 0 Å². The Bertz CT molecular complexity index is 333. The molecule has 2 heterocycles. The smallest absolute Gasteiger partial charge is 0.239 e. The van der Waals surface area contributed by atoms with Gasteiger partial charge in [0.2, 0.25) is 0 Å². The largest absolute Gasteiger partial charge is 0.321 e. The van der Waals surface area contributed by atoms with Crippen LogP contribution in [-0.4, -0.2) is 19.7 Å². The Morgan fingerprint density at radius 1 is 1.64 bits per heavy atom. The average molecular weight is 150 g/mol. The Balaban J connectivity index is 2.45. The number of nitrogens with zero attached hydrogens (tertiary/aromatic N) is 4. The molecule has 0 aliphatic carbocycles. The molecular formula is C6H8N5+. The van der Waals surface area contributed by atoms with E-state index < -0.39 is 0 Å². The van der Waals surface area contributed by atoms with Crippen molar-refractivity contribution in [2.24, 2.45) is 7.05 Å². The minimum atomic E-state index is 0.727. The zero-order chi connectivity index (χ0) is 7.68. The van der Waals surface area contributed by atoms with E-state index in [0.717, 1.165) is 5.95 Å². The molecule has 0 bridgehead atoms. The van der Waals surface area contributed by atoms with Crippen molar-refractivity contribution in [2.45, 2.75) is 0 Å². The van der Waals surface area contributed by atoms with Gasteiger partial charge in [-0.3, -0.25) is 0 Å². The number of aryl methyl sites for hydroxylation is 1. The zero-order valence-electron chi connectivity index (χ0n) is 6.10. The molecule has 11 heavy (non-hydrogen) atoms. The number of nitrogens with one attached hydrogen (secondary N) is 1. The molecule has 5 nitrogen and oxygen atoms in total. The fourth-order valence-corrected chi connectivity index (χ4v) is 0.899. The number of aromatic amines is 1. The van der Waals surface area contributed by atoms with Crippen molar-refractivity contribution in [1.29, 1.82) is 0 Å². The van der Waals surface area contributed by atoms with Crippen molar-refractivity contribution in [2.75, 3.05) is 0 Å². The summed E-state index contributed by atoms with van der Waals surface area (Å²) in [6.07, 6.45) is 7.22. The van der Waals surface area contributed by atoms with E-state index >= 15 is 0 Å². The minimum Gasteiger partial charge on any atom is -0.239 e. The molecule has 0 saturated carbocycles. The van der Waals surface area contributed by atoms with Gasteiger partial charge in [0.1, 0.15) is 18.7 Å². The lowest BCUT2D eigenvalue weighted by Crippen LogP contribution is -2.23. The number of hydrogen-bond donors (Lipinski definition) is 1. The molecule has 0 aliphatic heterocycles. The van der Waals surface area contributed by atoms with Crippen molar-refractivity contribution >= 4 is 0 Å². The molecule has 2 aromatic rings. The van der Waals surface area contributed by atoms with Crippen molar-refractivity contribution in [1.82, 2.24) is 19.7 Å². The van der Waals surface area contributed by atoms with Crippen molar-refractivity contribution < 1.29 is 4.57 Å². The molecule has 2 rings (SSSR count). The van der Waals surface area contributed by atoms with Crippen molar-refractivity contribution in [3.63, 3.8) is 0 Å². The van der Waals surface area contributed by atoms with Crippen LogP contribution in [0.5, 0.6) is 0 Å². The summed E-state index contributed by atoms with van der Waals surface area (Å²) in [5.74, 6) is 0.727. The third-order valence-electron chi connectivity index (χ3n) is 1.42. The quantitative estimate of drug-likeness (QED) is 0.553. The number of imidazole rings is 1. The molecule has 0 fully saturated rings. The molecule has 56 valence electrons. The predicted molar refractivity (Wildman–Crippen MR) is 36.9 cm³/mol. The van der Waals surface area contributed by atoms with Gasteiger partial charge in [-0.05, 0) is 0 Å². The van der Waals surface area contributed by atoms with Crippen LogP contribution in [0.4, 0.5) is 0 Å². The maximum atomic E-state index is 3.98. The Hall–Kier alpha value is -1.65. The lowest BCUT2D eigenvalue weighted by atomic mass is 10.8. The van der Waals surface area contributed by atoms with Gasteiger partial charge in [-0.2, -0.15) is 14.6 Å². The number of aromatic nitrogens is 5. The molecule has 0 saturated heterocycles.